The lowest BCUT2D eigenvalue weighted by atomic mass is 10.3. The predicted molar refractivity (Wildman–Crippen MR) is 73.2 cm³/mol. The van der Waals surface area contributed by atoms with Crippen molar-refractivity contribution in [3.8, 4) is 5.75 Å². The number of amides is 1. The fraction of sp³-hybridized carbons (Fsp3) is 0.286. The number of anilines is 1. The number of benzene rings is 1. The maximum atomic E-state index is 13.4. The molecule has 0 fully saturated rings. The van der Waals surface area contributed by atoms with E-state index in [9.17, 15) is 9.18 Å². The first-order valence-corrected chi connectivity index (χ1v) is 6.22. The first-order chi connectivity index (χ1) is 9.49. The number of hydrogen-bond donors (Lipinski definition) is 2. The fourth-order valence-corrected chi connectivity index (χ4v) is 1.74. The molecule has 1 atom stereocenters. The van der Waals surface area contributed by atoms with Crippen molar-refractivity contribution >= 4 is 11.6 Å². The molecule has 106 valence electrons. The molecule has 1 amide bonds. The number of aryl methyl sites for hydroxylation is 2. The Morgan fingerprint density at radius 1 is 1.40 bits per heavy atom. The number of carbonyl (C=O) groups excluding carboxylic acids is 1. The van der Waals surface area contributed by atoms with Crippen molar-refractivity contribution in [2.45, 2.75) is 26.9 Å². The van der Waals surface area contributed by atoms with Crippen LogP contribution in [-0.4, -0.2) is 22.2 Å². The van der Waals surface area contributed by atoms with E-state index in [0.29, 0.717) is 11.4 Å². The maximum absolute atomic E-state index is 13.4. The fourth-order valence-electron chi connectivity index (χ4n) is 1.74. The van der Waals surface area contributed by atoms with Crippen molar-refractivity contribution in [1.29, 1.82) is 0 Å². The van der Waals surface area contributed by atoms with Crippen LogP contribution in [0.15, 0.2) is 24.3 Å². The summed E-state index contributed by atoms with van der Waals surface area (Å²) < 4.78 is 18.8. The Morgan fingerprint density at radius 3 is 2.70 bits per heavy atom. The van der Waals surface area contributed by atoms with E-state index < -0.39 is 11.9 Å². The maximum Gasteiger partial charge on any atom is 0.265 e. The quantitative estimate of drug-likeness (QED) is 0.902. The molecule has 2 rings (SSSR count). The molecule has 1 unspecified atom stereocenters. The van der Waals surface area contributed by atoms with Crippen LogP contribution in [0.4, 0.5) is 10.1 Å². The third-order valence-electron chi connectivity index (χ3n) is 2.89. The lowest BCUT2D eigenvalue weighted by Crippen LogP contribution is -2.30. The molecule has 20 heavy (non-hydrogen) atoms. The van der Waals surface area contributed by atoms with Crippen molar-refractivity contribution in [3.63, 3.8) is 0 Å². The number of aromatic nitrogens is 2. The van der Waals surface area contributed by atoms with Gasteiger partial charge in [0.15, 0.2) is 17.7 Å². The SMILES string of the molecule is Cc1n[nH]c(C)c1NC(=O)C(C)Oc1ccccc1F. The highest BCUT2D eigenvalue weighted by Crippen LogP contribution is 2.19. The van der Waals surface area contributed by atoms with E-state index in [1.54, 1.807) is 32.9 Å². The first-order valence-electron chi connectivity index (χ1n) is 6.22. The highest BCUT2D eigenvalue weighted by atomic mass is 19.1. The Balaban J connectivity index is 2.05. The number of ether oxygens (including phenoxy) is 1. The zero-order valence-corrected chi connectivity index (χ0v) is 11.5. The molecule has 6 heteroatoms. The summed E-state index contributed by atoms with van der Waals surface area (Å²) in [6, 6.07) is 5.97. The lowest BCUT2D eigenvalue weighted by Gasteiger charge is -2.15. The number of rotatable bonds is 4. The molecule has 0 spiro atoms. The average molecular weight is 277 g/mol. The number of H-pyrrole nitrogens is 1. The van der Waals surface area contributed by atoms with Crippen molar-refractivity contribution in [3.05, 3.63) is 41.5 Å². The summed E-state index contributed by atoms with van der Waals surface area (Å²) >= 11 is 0. The molecule has 2 aromatic rings. The lowest BCUT2D eigenvalue weighted by molar-refractivity contribution is -0.122. The van der Waals surface area contributed by atoms with Gasteiger partial charge in [-0.05, 0) is 32.9 Å². The molecule has 0 aliphatic carbocycles. The minimum absolute atomic E-state index is 0.0517. The summed E-state index contributed by atoms with van der Waals surface area (Å²) in [5.41, 5.74) is 2.07. The molecular formula is C14H16FN3O2. The van der Waals surface area contributed by atoms with Crippen molar-refractivity contribution in [2.75, 3.05) is 5.32 Å². The van der Waals surface area contributed by atoms with Crippen LogP contribution in [0.25, 0.3) is 0 Å². The molecule has 0 aliphatic heterocycles. The van der Waals surface area contributed by atoms with E-state index in [1.165, 1.54) is 12.1 Å². The third-order valence-corrected chi connectivity index (χ3v) is 2.89. The van der Waals surface area contributed by atoms with Crippen LogP contribution in [-0.2, 0) is 4.79 Å². The molecular weight excluding hydrogens is 261 g/mol. The monoisotopic (exact) mass is 277 g/mol. The second-order valence-electron chi connectivity index (χ2n) is 4.49. The van der Waals surface area contributed by atoms with Gasteiger partial charge in [0.05, 0.1) is 17.1 Å². The number of hydrogen-bond acceptors (Lipinski definition) is 3. The summed E-state index contributed by atoms with van der Waals surface area (Å²) in [6.45, 7) is 5.14. The standard InChI is InChI=1S/C14H16FN3O2/c1-8-13(9(2)18-17-8)16-14(19)10(3)20-12-7-5-4-6-11(12)15/h4-7,10H,1-3H3,(H,16,19)(H,17,18). The molecule has 2 N–H and O–H groups in total. The van der Waals surface area contributed by atoms with Gasteiger partial charge in [-0.15, -0.1) is 0 Å². The van der Waals surface area contributed by atoms with Gasteiger partial charge in [0.2, 0.25) is 0 Å². The smallest absolute Gasteiger partial charge is 0.265 e. The number of nitrogens with one attached hydrogen (secondary N) is 2. The number of aromatic amines is 1. The molecule has 1 aromatic heterocycles. The van der Waals surface area contributed by atoms with Crippen molar-refractivity contribution in [2.24, 2.45) is 0 Å². The van der Waals surface area contributed by atoms with Gasteiger partial charge in [0, 0.05) is 0 Å². The van der Waals surface area contributed by atoms with Gasteiger partial charge in [0.25, 0.3) is 5.91 Å². The predicted octanol–water partition coefficient (Wildman–Crippen LogP) is 2.57. The van der Waals surface area contributed by atoms with E-state index in [-0.39, 0.29) is 11.7 Å². The molecule has 1 aromatic carbocycles. The first kappa shape index (κ1) is 14.0. The van der Waals surface area contributed by atoms with Crippen molar-refractivity contribution < 1.29 is 13.9 Å². The van der Waals surface area contributed by atoms with E-state index in [0.717, 1.165) is 5.69 Å². The number of carbonyl (C=O) groups is 1. The van der Waals surface area contributed by atoms with Crippen LogP contribution in [0, 0.1) is 19.7 Å². The number of halogens is 1. The summed E-state index contributed by atoms with van der Waals surface area (Å²) in [5.74, 6) is -0.806. The Morgan fingerprint density at radius 2 is 2.10 bits per heavy atom. The highest BCUT2D eigenvalue weighted by molar-refractivity contribution is 5.95. The molecule has 0 saturated heterocycles. The van der Waals surface area contributed by atoms with Crippen molar-refractivity contribution in [1.82, 2.24) is 10.2 Å². The molecule has 1 heterocycles. The van der Waals surface area contributed by atoms with Gasteiger partial charge < -0.3 is 10.1 Å². The molecule has 0 aliphatic rings. The van der Waals surface area contributed by atoms with E-state index in [2.05, 4.69) is 15.5 Å². The Kier molecular flexibility index (Phi) is 4.02. The van der Waals surface area contributed by atoms with E-state index >= 15 is 0 Å². The molecule has 0 bridgehead atoms. The van der Waals surface area contributed by atoms with E-state index in [1.807, 2.05) is 0 Å². The van der Waals surface area contributed by atoms with Crippen LogP contribution in [0.1, 0.15) is 18.3 Å². The zero-order chi connectivity index (χ0) is 14.7. The topological polar surface area (TPSA) is 67.0 Å². The van der Waals surface area contributed by atoms with Gasteiger partial charge in [-0.1, -0.05) is 12.1 Å². The molecule has 0 radical (unpaired) electrons. The second-order valence-corrected chi connectivity index (χ2v) is 4.49. The summed E-state index contributed by atoms with van der Waals surface area (Å²) in [7, 11) is 0. The summed E-state index contributed by atoms with van der Waals surface area (Å²) in [6.07, 6.45) is -0.819. The highest BCUT2D eigenvalue weighted by Gasteiger charge is 2.19. The summed E-state index contributed by atoms with van der Waals surface area (Å²) in [4.78, 5) is 12.0. The Hall–Kier alpha value is -2.37. The van der Waals surface area contributed by atoms with Crippen LogP contribution < -0.4 is 10.1 Å². The van der Waals surface area contributed by atoms with Crippen LogP contribution >= 0.6 is 0 Å². The van der Waals surface area contributed by atoms with Crippen LogP contribution in [0.3, 0.4) is 0 Å². The van der Waals surface area contributed by atoms with Crippen LogP contribution in [0.2, 0.25) is 0 Å². The van der Waals surface area contributed by atoms with Gasteiger partial charge in [-0.3, -0.25) is 9.89 Å². The number of para-hydroxylation sites is 1. The average Bonchev–Trinajstić information content (AvgIpc) is 2.73. The van der Waals surface area contributed by atoms with Gasteiger partial charge in [-0.2, -0.15) is 5.10 Å². The van der Waals surface area contributed by atoms with Gasteiger partial charge in [0.1, 0.15) is 0 Å². The van der Waals surface area contributed by atoms with Crippen LogP contribution in [0.5, 0.6) is 5.75 Å². The Labute approximate surface area is 116 Å². The van der Waals surface area contributed by atoms with Gasteiger partial charge in [-0.25, -0.2) is 4.39 Å². The molecule has 0 saturated carbocycles. The zero-order valence-electron chi connectivity index (χ0n) is 11.5. The molecule has 5 nitrogen and oxygen atoms in total. The summed E-state index contributed by atoms with van der Waals surface area (Å²) in [5, 5.41) is 9.48. The second kappa shape index (κ2) is 5.73. The normalized spacial score (nSPS) is 12.0. The minimum Gasteiger partial charge on any atom is -0.478 e. The van der Waals surface area contributed by atoms with Gasteiger partial charge >= 0.3 is 0 Å². The van der Waals surface area contributed by atoms with E-state index in [4.69, 9.17) is 4.74 Å². The minimum atomic E-state index is -0.819. The third kappa shape index (κ3) is 2.96. The Bertz CT molecular complexity index is 605. The number of nitrogens with zero attached hydrogens (tertiary/aromatic N) is 1. The largest absolute Gasteiger partial charge is 0.478 e.